The summed E-state index contributed by atoms with van der Waals surface area (Å²) in [5.74, 6) is 0.936. The molecular weight excluding hydrogens is 398 g/mol. The van der Waals surface area contributed by atoms with E-state index >= 15 is 0 Å². The molecule has 4 rings (SSSR count). The van der Waals surface area contributed by atoms with Crippen molar-refractivity contribution in [2.75, 3.05) is 0 Å². The van der Waals surface area contributed by atoms with E-state index in [9.17, 15) is 4.79 Å². The predicted octanol–water partition coefficient (Wildman–Crippen LogP) is 6.82. The Kier molecular flexibility index (Phi) is 7.20. The third kappa shape index (κ3) is 6.09. The van der Waals surface area contributed by atoms with E-state index in [0.29, 0.717) is 13.1 Å². The quantitative estimate of drug-likeness (QED) is 0.290. The molecule has 4 aromatic carbocycles. The zero-order valence-electron chi connectivity index (χ0n) is 17.4. The maximum absolute atomic E-state index is 13.4. The van der Waals surface area contributed by atoms with Gasteiger partial charge < -0.3 is 4.90 Å². The minimum atomic E-state index is 0.0509. The second-order valence-electron chi connectivity index (χ2n) is 7.43. The van der Waals surface area contributed by atoms with Crippen LogP contribution in [0.3, 0.4) is 0 Å². The number of nitrogens with zero attached hydrogens (tertiary/aromatic N) is 1. The van der Waals surface area contributed by atoms with Crippen LogP contribution in [0.15, 0.2) is 120 Å². The summed E-state index contributed by atoms with van der Waals surface area (Å²) in [7, 11) is 0. The summed E-state index contributed by atoms with van der Waals surface area (Å²) in [6.45, 7) is 1.17. The van der Waals surface area contributed by atoms with E-state index in [1.54, 1.807) is 11.8 Å². The van der Waals surface area contributed by atoms with Gasteiger partial charge >= 0.3 is 0 Å². The number of hydrogen-bond acceptors (Lipinski definition) is 2. The van der Waals surface area contributed by atoms with Crippen LogP contribution in [-0.2, 0) is 18.8 Å². The monoisotopic (exact) mass is 423 g/mol. The SMILES string of the molecule is O=C(c1ccc(CSc2ccccc2)cc1)N(Cc1ccccc1)Cc1ccccc1. The molecule has 0 aliphatic carbocycles. The van der Waals surface area contributed by atoms with Crippen molar-refractivity contribution < 1.29 is 4.79 Å². The molecule has 0 radical (unpaired) electrons. The lowest BCUT2D eigenvalue weighted by molar-refractivity contribution is 0.0730. The third-order valence-electron chi connectivity index (χ3n) is 5.07. The molecule has 4 aromatic rings. The van der Waals surface area contributed by atoms with Crippen LogP contribution < -0.4 is 0 Å². The fraction of sp³-hybridized carbons (Fsp3) is 0.107. The number of amides is 1. The Morgan fingerprint density at radius 1 is 0.581 bits per heavy atom. The number of hydrogen-bond donors (Lipinski definition) is 0. The van der Waals surface area contributed by atoms with E-state index in [4.69, 9.17) is 0 Å². The first-order valence-corrected chi connectivity index (χ1v) is 11.4. The highest BCUT2D eigenvalue weighted by molar-refractivity contribution is 7.98. The summed E-state index contributed by atoms with van der Waals surface area (Å²) in [5.41, 5.74) is 4.19. The average molecular weight is 424 g/mol. The molecule has 0 N–H and O–H groups in total. The van der Waals surface area contributed by atoms with Crippen molar-refractivity contribution in [3.8, 4) is 0 Å². The molecule has 0 saturated heterocycles. The van der Waals surface area contributed by atoms with Crippen LogP contribution in [0.25, 0.3) is 0 Å². The van der Waals surface area contributed by atoms with E-state index in [2.05, 4.69) is 60.7 Å². The molecule has 0 aromatic heterocycles. The smallest absolute Gasteiger partial charge is 0.254 e. The van der Waals surface area contributed by atoms with Gasteiger partial charge in [0.2, 0.25) is 0 Å². The standard InChI is InChI=1S/C28H25NOS/c30-28(26-18-16-25(17-19-26)22-31-27-14-8-3-9-15-27)29(20-23-10-4-1-5-11-23)21-24-12-6-2-7-13-24/h1-19H,20-22H2. The second kappa shape index (κ2) is 10.6. The molecule has 0 heterocycles. The van der Waals surface area contributed by atoms with Crippen molar-refractivity contribution in [1.82, 2.24) is 4.90 Å². The van der Waals surface area contributed by atoms with Gasteiger partial charge in [-0.25, -0.2) is 0 Å². The molecule has 31 heavy (non-hydrogen) atoms. The molecule has 0 unspecified atom stereocenters. The highest BCUT2D eigenvalue weighted by atomic mass is 32.2. The third-order valence-corrected chi connectivity index (χ3v) is 6.15. The Morgan fingerprint density at radius 2 is 1.06 bits per heavy atom. The van der Waals surface area contributed by atoms with Gasteiger partial charge in [-0.1, -0.05) is 91.0 Å². The maximum atomic E-state index is 13.4. The molecule has 2 nitrogen and oxygen atoms in total. The fourth-order valence-electron chi connectivity index (χ4n) is 3.42. The first kappa shape index (κ1) is 21.0. The Labute approximate surface area is 188 Å². The minimum absolute atomic E-state index is 0.0509. The van der Waals surface area contributed by atoms with E-state index < -0.39 is 0 Å². The van der Waals surface area contributed by atoms with Crippen molar-refractivity contribution in [3.63, 3.8) is 0 Å². The molecule has 0 spiro atoms. The van der Waals surface area contributed by atoms with Crippen LogP contribution >= 0.6 is 11.8 Å². The largest absolute Gasteiger partial charge is 0.330 e. The number of benzene rings is 4. The summed E-state index contributed by atoms with van der Waals surface area (Å²) < 4.78 is 0. The highest BCUT2D eigenvalue weighted by Gasteiger charge is 2.17. The van der Waals surface area contributed by atoms with Crippen LogP contribution in [0.1, 0.15) is 27.0 Å². The predicted molar refractivity (Wildman–Crippen MR) is 129 cm³/mol. The first-order chi connectivity index (χ1) is 15.3. The lowest BCUT2D eigenvalue weighted by atomic mass is 10.1. The van der Waals surface area contributed by atoms with Gasteiger partial charge in [0.05, 0.1) is 0 Å². The van der Waals surface area contributed by atoms with Crippen LogP contribution in [-0.4, -0.2) is 10.8 Å². The van der Waals surface area contributed by atoms with Gasteiger partial charge in [0, 0.05) is 29.3 Å². The number of rotatable bonds is 8. The molecular formula is C28H25NOS. The minimum Gasteiger partial charge on any atom is -0.330 e. The Morgan fingerprint density at radius 3 is 1.58 bits per heavy atom. The molecule has 3 heteroatoms. The summed E-state index contributed by atoms with van der Waals surface area (Å²) >= 11 is 1.80. The topological polar surface area (TPSA) is 20.3 Å². The van der Waals surface area contributed by atoms with E-state index in [1.807, 2.05) is 59.5 Å². The molecule has 0 aliphatic heterocycles. The number of carbonyl (C=O) groups is 1. The fourth-order valence-corrected chi connectivity index (χ4v) is 4.29. The molecule has 0 bridgehead atoms. The molecule has 0 atom stereocenters. The highest BCUT2D eigenvalue weighted by Crippen LogP contribution is 2.23. The summed E-state index contributed by atoms with van der Waals surface area (Å²) in [5, 5.41) is 0. The average Bonchev–Trinajstić information content (AvgIpc) is 2.84. The van der Waals surface area contributed by atoms with E-state index in [0.717, 1.165) is 22.4 Å². The van der Waals surface area contributed by atoms with Crippen molar-refractivity contribution >= 4 is 17.7 Å². The second-order valence-corrected chi connectivity index (χ2v) is 8.48. The summed E-state index contributed by atoms with van der Waals surface area (Å²) in [6.07, 6.45) is 0. The maximum Gasteiger partial charge on any atom is 0.254 e. The van der Waals surface area contributed by atoms with Crippen molar-refractivity contribution in [3.05, 3.63) is 138 Å². The van der Waals surface area contributed by atoms with Gasteiger partial charge in [0.1, 0.15) is 0 Å². The molecule has 154 valence electrons. The lowest BCUT2D eigenvalue weighted by Gasteiger charge is -2.23. The number of thioether (sulfide) groups is 1. The molecule has 1 amide bonds. The van der Waals surface area contributed by atoms with Crippen LogP contribution in [0.5, 0.6) is 0 Å². The zero-order valence-corrected chi connectivity index (χ0v) is 18.2. The Balaban J connectivity index is 1.47. The van der Waals surface area contributed by atoms with Crippen molar-refractivity contribution in [2.45, 2.75) is 23.7 Å². The normalized spacial score (nSPS) is 10.6. The van der Waals surface area contributed by atoms with Crippen LogP contribution in [0.4, 0.5) is 0 Å². The molecule has 0 fully saturated rings. The summed E-state index contributed by atoms with van der Waals surface area (Å²) in [6, 6.07) is 38.7. The van der Waals surface area contributed by atoms with Gasteiger partial charge in [0.15, 0.2) is 0 Å². The first-order valence-electron chi connectivity index (χ1n) is 10.4. The molecule has 0 saturated carbocycles. The molecule has 0 aliphatic rings. The lowest BCUT2D eigenvalue weighted by Crippen LogP contribution is -2.30. The van der Waals surface area contributed by atoms with Crippen LogP contribution in [0.2, 0.25) is 0 Å². The van der Waals surface area contributed by atoms with E-state index in [-0.39, 0.29) is 5.91 Å². The van der Waals surface area contributed by atoms with Gasteiger partial charge in [-0.05, 0) is 41.0 Å². The van der Waals surface area contributed by atoms with Gasteiger partial charge in [-0.2, -0.15) is 0 Å². The van der Waals surface area contributed by atoms with E-state index in [1.165, 1.54) is 10.5 Å². The van der Waals surface area contributed by atoms with Crippen molar-refractivity contribution in [2.24, 2.45) is 0 Å². The zero-order chi connectivity index (χ0) is 21.3. The van der Waals surface area contributed by atoms with Crippen LogP contribution in [0, 0.1) is 0 Å². The van der Waals surface area contributed by atoms with Crippen molar-refractivity contribution in [1.29, 1.82) is 0 Å². The Bertz CT molecular complexity index is 1040. The Hall–Kier alpha value is -3.30. The van der Waals surface area contributed by atoms with Gasteiger partial charge in [-0.3, -0.25) is 4.79 Å². The summed E-state index contributed by atoms with van der Waals surface area (Å²) in [4.78, 5) is 16.5. The van der Waals surface area contributed by atoms with Gasteiger partial charge in [0.25, 0.3) is 5.91 Å². The van der Waals surface area contributed by atoms with Gasteiger partial charge in [-0.15, -0.1) is 11.8 Å². The number of carbonyl (C=O) groups excluding carboxylic acids is 1.